The average molecular weight is 247 g/mol. The zero-order chi connectivity index (χ0) is 13.5. The van der Waals surface area contributed by atoms with Crippen molar-refractivity contribution < 1.29 is 14.7 Å². The molecule has 0 radical (unpaired) electrons. The molecule has 1 aromatic carbocycles. The molecule has 18 heavy (non-hydrogen) atoms. The minimum atomic E-state index is -0.965. The van der Waals surface area contributed by atoms with Gasteiger partial charge in [0.15, 0.2) is 0 Å². The Hall–Kier alpha value is -2.10. The van der Waals surface area contributed by atoms with E-state index in [2.05, 4.69) is 0 Å². The van der Waals surface area contributed by atoms with E-state index in [0.717, 1.165) is 17.2 Å². The molecule has 1 aromatic rings. The Labute approximate surface area is 107 Å². The van der Waals surface area contributed by atoms with Gasteiger partial charge in [0, 0.05) is 26.1 Å². The first-order chi connectivity index (χ1) is 8.52. The van der Waals surface area contributed by atoms with Crippen molar-refractivity contribution in [3.05, 3.63) is 41.5 Å². The van der Waals surface area contributed by atoms with E-state index < -0.39 is 5.97 Å². The molecule has 0 spiro atoms. The van der Waals surface area contributed by atoms with Crippen LogP contribution in [0, 0.1) is 0 Å². The summed E-state index contributed by atoms with van der Waals surface area (Å²) in [5.74, 6) is -0.864. The lowest BCUT2D eigenvalue weighted by Crippen LogP contribution is -2.25. The van der Waals surface area contributed by atoms with Crippen LogP contribution in [0.2, 0.25) is 0 Å². The Morgan fingerprint density at radius 3 is 2.39 bits per heavy atom. The van der Waals surface area contributed by atoms with E-state index in [0.29, 0.717) is 13.0 Å². The van der Waals surface area contributed by atoms with Crippen molar-refractivity contribution in [2.45, 2.75) is 19.9 Å². The van der Waals surface area contributed by atoms with Gasteiger partial charge in [0.05, 0.1) is 0 Å². The highest BCUT2D eigenvalue weighted by Crippen LogP contribution is 2.08. The number of hydrogen-bond acceptors (Lipinski definition) is 2. The van der Waals surface area contributed by atoms with Crippen molar-refractivity contribution in [2.24, 2.45) is 0 Å². The first-order valence-electron chi connectivity index (χ1n) is 5.77. The van der Waals surface area contributed by atoms with Crippen LogP contribution in [0.25, 0.3) is 6.08 Å². The molecule has 4 nitrogen and oxygen atoms in total. The van der Waals surface area contributed by atoms with Crippen molar-refractivity contribution >= 4 is 18.0 Å². The summed E-state index contributed by atoms with van der Waals surface area (Å²) in [6, 6.07) is 7.44. The second-order valence-corrected chi connectivity index (χ2v) is 4.02. The van der Waals surface area contributed by atoms with E-state index in [1.54, 1.807) is 11.9 Å². The van der Waals surface area contributed by atoms with Crippen molar-refractivity contribution in [2.75, 3.05) is 7.05 Å². The number of rotatable bonds is 5. The summed E-state index contributed by atoms with van der Waals surface area (Å²) in [7, 11) is 1.77. The van der Waals surface area contributed by atoms with Gasteiger partial charge in [0.25, 0.3) is 0 Å². The first-order valence-corrected chi connectivity index (χ1v) is 5.77. The third-order valence-electron chi connectivity index (χ3n) is 2.55. The van der Waals surface area contributed by atoms with Gasteiger partial charge in [-0.2, -0.15) is 0 Å². The van der Waals surface area contributed by atoms with Gasteiger partial charge in [-0.3, -0.25) is 4.79 Å². The normalized spacial score (nSPS) is 10.6. The fraction of sp³-hybridized carbons (Fsp3) is 0.286. The Balaban J connectivity index is 2.66. The summed E-state index contributed by atoms with van der Waals surface area (Å²) in [5, 5.41) is 8.51. The summed E-state index contributed by atoms with van der Waals surface area (Å²) in [6.45, 7) is 2.40. The van der Waals surface area contributed by atoms with Gasteiger partial charge in [0.1, 0.15) is 0 Å². The van der Waals surface area contributed by atoms with Crippen LogP contribution < -0.4 is 0 Å². The molecule has 0 fully saturated rings. The molecule has 1 amide bonds. The van der Waals surface area contributed by atoms with E-state index in [1.807, 2.05) is 31.2 Å². The van der Waals surface area contributed by atoms with Gasteiger partial charge >= 0.3 is 5.97 Å². The maximum Gasteiger partial charge on any atom is 0.328 e. The molecule has 0 aliphatic rings. The molecule has 0 heterocycles. The molecule has 0 aliphatic carbocycles. The van der Waals surface area contributed by atoms with Crippen molar-refractivity contribution in [1.29, 1.82) is 0 Å². The number of amides is 1. The third kappa shape index (κ3) is 4.41. The second-order valence-electron chi connectivity index (χ2n) is 4.02. The highest BCUT2D eigenvalue weighted by atomic mass is 16.4. The fourth-order valence-electron chi connectivity index (χ4n) is 1.53. The van der Waals surface area contributed by atoms with Crippen molar-refractivity contribution in [3.8, 4) is 0 Å². The predicted octanol–water partition coefficient (Wildman–Crippen LogP) is 2.15. The van der Waals surface area contributed by atoms with E-state index in [-0.39, 0.29) is 5.91 Å². The van der Waals surface area contributed by atoms with E-state index in [1.165, 1.54) is 6.08 Å². The molecule has 4 heteroatoms. The third-order valence-corrected chi connectivity index (χ3v) is 2.55. The van der Waals surface area contributed by atoms with Crippen LogP contribution in [-0.4, -0.2) is 28.9 Å². The second kappa shape index (κ2) is 6.59. The fourth-order valence-corrected chi connectivity index (χ4v) is 1.53. The summed E-state index contributed by atoms with van der Waals surface area (Å²) >= 11 is 0. The highest BCUT2D eigenvalue weighted by molar-refractivity contribution is 5.85. The van der Waals surface area contributed by atoms with Crippen LogP contribution in [0.1, 0.15) is 24.5 Å². The minimum Gasteiger partial charge on any atom is -0.478 e. The van der Waals surface area contributed by atoms with Crippen molar-refractivity contribution in [1.82, 2.24) is 4.90 Å². The number of carboxylic acid groups (broad SMARTS) is 1. The molecule has 1 rings (SSSR count). The lowest BCUT2D eigenvalue weighted by Gasteiger charge is -2.16. The summed E-state index contributed by atoms with van der Waals surface area (Å²) in [5.41, 5.74) is 1.84. The number of hydrogen-bond donors (Lipinski definition) is 1. The van der Waals surface area contributed by atoms with Gasteiger partial charge in [-0.15, -0.1) is 0 Å². The number of aliphatic carboxylic acids is 1. The van der Waals surface area contributed by atoms with Gasteiger partial charge < -0.3 is 10.0 Å². The molecule has 1 N–H and O–H groups in total. The number of nitrogens with zero attached hydrogens (tertiary/aromatic N) is 1. The molecular formula is C14H17NO3. The minimum absolute atomic E-state index is 0.102. The average Bonchev–Trinajstić information content (AvgIpc) is 2.36. The van der Waals surface area contributed by atoms with Crippen LogP contribution in [0.5, 0.6) is 0 Å². The van der Waals surface area contributed by atoms with E-state index >= 15 is 0 Å². The molecule has 0 aromatic heterocycles. The molecule has 0 aliphatic heterocycles. The largest absolute Gasteiger partial charge is 0.478 e. The quantitative estimate of drug-likeness (QED) is 0.811. The van der Waals surface area contributed by atoms with Crippen LogP contribution >= 0.6 is 0 Å². The summed E-state index contributed by atoms with van der Waals surface area (Å²) in [6.07, 6.45) is 3.13. The Kier molecular flexibility index (Phi) is 5.11. The SMILES string of the molecule is CCC(=O)N(C)Cc1ccc(C=CC(=O)O)cc1. The molecule has 96 valence electrons. The van der Waals surface area contributed by atoms with Gasteiger partial charge in [-0.25, -0.2) is 4.79 Å². The Morgan fingerprint density at radius 2 is 1.89 bits per heavy atom. The Morgan fingerprint density at radius 1 is 1.28 bits per heavy atom. The van der Waals surface area contributed by atoms with Gasteiger partial charge in [0.2, 0.25) is 5.91 Å². The van der Waals surface area contributed by atoms with Crippen LogP contribution in [0.4, 0.5) is 0 Å². The van der Waals surface area contributed by atoms with Crippen LogP contribution in [0.3, 0.4) is 0 Å². The predicted molar refractivity (Wildman–Crippen MR) is 69.9 cm³/mol. The van der Waals surface area contributed by atoms with Crippen LogP contribution in [-0.2, 0) is 16.1 Å². The number of benzene rings is 1. The zero-order valence-corrected chi connectivity index (χ0v) is 10.6. The maximum absolute atomic E-state index is 11.4. The Bertz CT molecular complexity index is 449. The van der Waals surface area contributed by atoms with E-state index in [9.17, 15) is 9.59 Å². The smallest absolute Gasteiger partial charge is 0.328 e. The lowest BCUT2D eigenvalue weighted by molar-refractivity contribution is -0.131. The lowest BCUT2D eigenvalue weighted by atomic mass is 10.1. The summed E-state index contributed by atoms with van der Waals surface area (Å²) in [4.78, 5) is 23.4. The maximum atomic E-state index is 11.4. The van der Waals surface area contributed by atoms with Gasteiger partial charge in [-0.1, -0.05) is 31.2 Å². The number of carbonyl (C=O) groups excluding carboxylic acids is 1. The summed E-state index contributed by atoms with van der Waals surface area (Å²) < 4.78 is 0. The number of carbonyl (C=O) groups is 2. The van der Waals surface area contributed by atoms with E-state index in [4.69, 9.17) is 5.11 Å². The van der Waals surface area contributed by atoms with Crippen LogP contribution in [0.15, 0.2) is 30.3 Å². The molecule has 0 unspecified atom stereocenters. The molecule has 0 saturated carbocycles. The van der Waals surface area contributed by atoms with Crippen molar-refractivity contribution in [3.63, 3.8) is 0 Å². The highest BCUT2D eigenvalue weighted by Gasteiger charge is 2.05. The standard InChI is InChI=1S/C14H17NO3/c1-3-13(16)15(2)10-12-6-4-11(5-7-12)8-9-14(17)18/h4-9H,3,10H2,1-2H3,(H,17,18). The molecule has 0 bridgehead atoms. The molecule has 0 atom stereocenters. The number of carboxylic acids is 1. The zero-order valence-electron chi connectivity index (χ0n) is 10.6. The topological polar surface area (TPSA) is 57.6 Å². The monoisotopic (exact) mass is 247 g/mol. The molecule has 0 saturated heterocycles. The first kappa shape index (κ1) is 14.0. The van der Waals surface area contributed by atoms with Gasteiger partial charge in [-0.05, 0) is 17.2 Å². The molecular weight excluding hydrogens is 230 g/mol.